The van der Waals surface area contributed by atoms with Crippen molar-refractivity contribution >= 4 is 10.9 Å². The second kappa shape index (κ2) is 2.60. The lowest BCUT2D eigenvalue weighted by Crippen LogP contribution is -2.08. The van der Waals surface area contributed by atoms with Crippen LogP contribution in [0.4, 0.5) is 0 Å². The SMILES string of the molecule is c1ccc2c3c([nH]c2c1)COCC3. The molecular formula is C11H11NO. The number of H-pyrrole nitrogens is 1. The van der Waals surface area contributed by atoms with Gasteiger partial charge in [-0.15, -0.1) is 0 Å². The lowest BCUT2D eigenvalue weighted by atomic mass is 10.1. The molecule has 2 heteroatoms. The van der Waals surface area contributed by atoms with E-state index in [1.807, 2.05) is 0 Å². The van der Waals surface area contributed by atoms with Crippen LogP contribution in [0.25, 0.3) is 10.9 Å². The molecule has 2 heterocycles. The van der Waals surface area contributed by atoms with E-state index >= 15 is 0 Å². The van der Waals surface area contributed by atoms with Gasteiger partial charge in [-0.3, -0.25) is 0 Å². The van der Waals surface area contributed by atoms with Crippen LogP contribution in [-0.4, -0.2) is 11.6 Å². The van der Waals surface area contributed by atoms with Gasteiger partial charge in [0.15, 0.2) is 0 Å². The van der Waals surface area contributed by atoms with Gasteiger partial charge < -0.3 is 9.72 Å². The third kappa shape index (κ3) is 0.988. The predicted octanol–water partition coefficient (Wildman–Crippen LogP) is 2.24. The van der Waals surface area contributed by atoms with Crippen molar-refractivity contribution in [3.63, 3.8) is 0 Å². The number of aromatic amines is 1. The molecule has 13 heavy (non-hydrogen) atoms. The van der Waals surface area contributed by atoms with Crippen LogP contribution in [0.2, 0.25) is 0 Å². The molecule has 0 saturated carbocycles. The van der Waals surface area contributed by atoms with Gasteiger partial charge in [0.05, 0.1) is 13.2 Å². The van der Waals surface area contributed by atoms with Crippen LogP contribution < -0.4 is 0 Å². The van der Waals surface area contributed by atoms with Crippen molar-refractivity contribution in [2.24, 2.45) is 0 Å². The molecule has 1 aliphatic rings. The minimum atomic E-state index is 0.740. The highest BCUT2D eigenvalue weighted by Crippen LogP contribution is 2.25. The largest absolute Gasteiger partial charge is 0.375 e. The van der Waals surface area contributed by atoms with E-state index in [-0.39, 0.29) is 0 Å². The fraction of sp³-hybridized carbons (Fsp3) is 0.273. The van der Waals surface area contributed by atoms with Crippen molar-refractivity contribution in [3.05, 3.63) is 35.5 Å². The zero-order chi connectivity index (χ0) is 8.67. The first-order valence-corrected chi connectivity index (χ1v) is 4.61. The number of rotatable bonds is 0. The van der Waals surface area contributed by atoms with E-state index in [0.717, 1.165) is 19.6 Å². The molecule has 0 amide bonds. The monoisotopic (exact) mass is 173 g/mol. The Bertz CT molecular complexity index is 444. The molecule has 0 bridgehead atoms. The molecule has 2 nitrogen and oxygen atoms in total. The van der Waals surface area contributed by atoms with Gasteiger partial charge in [-0.2, -0.15) is 0 Å². The van der Waals surface area contributed by atoms with Crippen LogP contribution in [0.1, 0.15) is 11.3 Å². The molecule has 1 N–H and O–H groups in total. The van der Waals surface area contributed by atoms with Crippen molar-refractivity contribution in [2.75, 3.05) is 6.61 Å². The first kappa shape index (κ1) is 7.15. The van der Waals surface area contributed by atoms with E-state index in [0.29, 0.717) is 0 Å². The molecule has 0 fully saturated rings. The number of ether oxygens (including phenoxy) is 1. The summed E-state index contributed by atoms with van der Waals surface area (Å²) < 4.78 is 5.39. The molecule has 0 aliphatic carbocycles. The van der Waals surface area contributed by atoms with Crippen LogP contribution in [0.5, 0.6) is 0 Å². The summed E-state index contributed by atoms with van der Waals surface area (Å²) in [5, 5.41) is 1.36. The van der Waals surface area contributed by atoms with Crippen LogP contribution >= 0.6 is 0 Å². The summed E-state index contributed by atoms with van der Waals surface area (Å²) in [7, 11) is 0. The Hall–Kier alpha value is -1.28. The summed E-state index contributed by atoms with van der Waals surface area (Å²) in [6.07, 6.45) is 1.04. The van der Waals surface area contributed by atoms with Gasteiger partial charge in [-0.05, 0) is 18.1 Å². The van der Waals surface area contributed by atoms with E-state index in [1.54, 1.807) is 0 Å². The molecule has 0 radical (unpaired) electrons. The van der Waals surface area contributed by atoms with E-state index in [9.17, 15) is 0 Å². The fourth-order valence-corrected chi connectivity index (χ4v) is 2.01. The van der Waals surface area contributed by atoms with Crippen molar-refractivity contribution in [3.8, 4) is 0 Å². The summed E-state index contributed by atoms with van der Waals surface area (Å²) in [5.41, 5.74) is 3.94. The molecule has 66 valence electrons. The molecular weight excluding hydrogens is 162 g/mol. The van der Waals surface area contributed by atoms with Gasteiger partial charge in [0.2, 0.25) is 0 Å². The van der Waals surface area contributed by atoms with Crippen LogP contribution in [0.15, 0.2) is 24.3 Å². The highest BCUT2D eigenvalue weighted by molar-refractivity contribution is 5.84. The highest BCUT2D eigenvalue weighted by atomic mass is 16.5. The molecule has 0 unspecified atom stereocenters. The third-order valence-electron chi connectivity index (χ3n) is 2.64. The molecule has 3 rings (SSSR count). The molecule has 1 aromatic carbocycles. The van der Waals surface area contributed by atoms with Gasteiger partial charge >= 0.3 is 0 Å². The number of para-hydroxylation sites is 1. The Morgan fingerprint density at radius 1 is 1.23 bits per heavy atom. The maximum atomic E-state index is 5.39. The van der Waals surface area contributed by atoms with E-state index in [4.69, 9.17) is 4.74 Å². The van der Waals surface area contributed by atoms with E-state index in [2.05, 4.69) is 29.2 Å². The number of nitrogens with one attached hydrogen (secondary N) is 1. The summed E-state index contributed by atoms with van der Waals surface area (Å²) in [6.45, 7) is 1.60. The molecule has 0 spiro atoms. The van der Waals surface area contributed by atoms with Gasteiger partial charge in [0.25, 0.3) is 0 Å². The van der Waals surface area contributed by atoms with Crippen molar-refractivity contribution in [2.45, 2.75) is 13.0 Å². The smallest absolute Gasteiger partial charge is 0.0869 e. The van der Waals surface area contributed by atoms with Crippen molar-refractivity contribution < 1.29 is 4.74 Å². The van der Waals surface area contributed by atoms with Crippen LogP contribution in [0, 0.1) is 0 Å². The van der Waals surface area contributed by atoms with Crippen molar-refractivity contribution in [1.29, 1.82) is 0 Å². The zero-order valence-corrected chi connectivity index (χ0v) is 7.34. The Balaban J connectivity index is 2.34. The second-order valence-corrected chi connectivity index (χ2v) is 3.43. The molecule has 2 aromatic rings. The van der Waals surface area contributed by atoms with Crippen molar-refractivity contribution in [1.82, 2.24) is 4.98 Å². The number of aromatic nitrogens is 1. The van der Waals surface area contributed by atoms with Gasteiger partial charge in [-0.25, -0.2) is 0 Å². The van der Waals surface area contributed by atoms with Crippen LogP contribution in [-0.2, 0) is 17.8 Å². The van der Waals surface area contributed by atoms with Crippen LogP contribution in [0.3, 0.4) is 0 Å². The number of benzene rings is 1. The topological polar surface area (TPSA) is 25.0 Å². The summed E-state index contributed by atoms with van der Waals surface area (Å²) in [4.78, 5) is 3.39. The van der Waals surface area contributed by atoms with Gasteiger partial charge in [0.1, 0.15) is 0 Å². The molecule has 1 aliphatic heterocycles. The fourth-order valence-electron chi connectivity index (χ4n) is 2.01. The maximum Gasteiger partial charge on any atom is 0.0869 e. The summed E-state index contributed by atoms with van der Waals surface area (Å²) >= 11 is 0. The average molecular weight is 173 g/mol. The lowest BCUT2D eigenvalue weighted by Gasteiger charge is -2.11. The third-order valence-corrected chi connectivity index (χ3v) is 2.64. The van der Waals surface area contributed by atoms with Gasteiger partial charge in [0, 0.05) is 16.6 Å². The Morgan fingerprint density at radius 2 is 2.15 bits per heavy atom. The zero-order valence-electron chi connectivity index (χ0n) is 7.34. The summed E-state index contributed by atoms with van der Waals surface area (Å²) in [5.74, 6) is 0. The number of hydrogen-bond acceptors (Lipinski definition) is 1. The minimum absolute atomic E-state index is 0.740. The van der Waals surface area contributed by atoms with E-state index in [1.165, 1.54) is 22.2 Å². The second-order valence-electron chi connectivity index (χ2n) is 3.43. The predicted molar refractivity (Wildman–Crippen MR) is 51.7 cm³/mol. The first-order valence-electron chi connectivity index (χ1n) is 4.61. The first-order chi connectivity index (χ1) is 6.45. The normalized spacial score (nSPS) is 16.0. The quantitative estimate of drug-likeness (QED) is 0.649. The Labute approximate surface area is 76.5 Å². The Kier molecular flexibility index (Phi) is 1.43. The summed E-state index contributed by atoms with van der Waals surface area (Å²) in [6, 6.07) is 8.45. The standard InChI is InChI=1S/C11H11NO/c1-2-4-10-8(3-1)9-5-6-13-7-11(9)12-10/h1-4,12H,5-7H2. The Morgan fingerprint density at radius 3 is 3.15 bits per heavy atom. The lowest BCUT2D eigenvalue weighted by molar-refractivity contribution is 0.109. The highest BCUT2D eigenvalue weighted by Gasteiger charge is 2.14. The maximum absolute atomic E-state index is 5.39. The number of fused-ring (bicyclic) bond motifs is 3. The average Bonchev–Trinajstić information content (AvgIpc) is 2.56. The number of hydrogen-bond donors (Lipinski definition) is 1. The molecule has 1 aromatic heterocycles. The van der Waals surface area contributed by atoms with Gasteiger partial charge in [-0.1, -0.05) is 18.2 Å². The molecule has 0 atom stereocenters. The molecule has 0 saturated heterocycles. The van der Waals surface area contributed by atoms with E-state index < -0.39 is 0 Å². The minimum Gasteiger partial charge on any atom is -0.375 e.